The van der Waals surface area contributed by atoms with E-state index in [2.05, 4.69) is 6.58 Å². The Bertz CT molecular complexity index is 349. The second kappa shape index (κ2) is 4.82. The SMILES string of the molecule is C=C[C@H](CC(N)=O)c1cccc(Cl)c1. The van der Waals surface area contributed by atoms with Crippen molar-refractivity contribution in [2.75, 3.05) is 0 Å². The molecule has 2 nitrogen and oxygen atoms in total. The summed E-state index contributed by atoms with van der Waals surface area (Å²) < 4.78 is 0. The zero-order chi connectivity index (χ0) is 10.6. The molecule has 1 amide bonds. The van der Waals surface area contributed by atoms with Crippen LogP contribution >= 0.6 is 11.6 Å². The smallest absolute Gasteiger partial charge is 0.218 e. The first-order chi connectivity index (χ1) is 6.63. The van der Waals surface area contributed by atoms with Gasteiger partial charge >= 0.3 is 0 Å². The molecule has 2 N–H and O–H groups in total. The summed E-state index contributed by atoms with van der Waals surface area (Å²) in [7, 11) is 0. The fourth-order valence-electron chi connectivity index (χ4n) is 1.29. The summed E-state index contributed by atoms with van der Waals surface area (Å²) >= 11 is 5.83. The topological polar surface area (TPSA) is 43.1 Å². The van der Waals surface area contributed by atoms with E-state index in [1.54, 1.807) is 12.1 Å². The summed E-state index contributed by atoms with van der Waals surface area (Å²) in [5, 5.41) is 0.652. The van der Waals surface area contributed by atoms with E-state index in [-0.39, 0.29) is 18.2 Å². The number of allylic oxidation sites excluding steroid dienone is 1. The molecule has 1 rings (SSSR count). The molecule has 0 heterocycles. The highest BCUT2D eigenvalue weighted by Gasteiger charge is 2.10. The monoisotopic (exact) mass is 209 g/mol. The number of amides is 1. The number of hydrogen-bond acceptors (Lipinski definition) is 1. The van der Waals surface area contributed by atoms with Gasteiger partial charge in [0, 0.05) is 17.4 Å². The van der Waals surface area contributed by atoms with Gasteiger partial charge in [-0.15, -0.1) is 6.58 Å². The Morgan fingerprint density at radius 1 is 1.64 bits per heavy atom. The second-order valence-electron chi connectivity index (χ2n) is 3.07. The van der Waals surface area contributed by atoms with Crippen LogP contribution in [-0.2, 0) is 4.79 Å². The lowest BCUT2D eigenvalue weighted by atomic mass is 9.96. The first-order valence-corrected chi connectivity index (χ1v) is 4.67. The number of hydrogen-bond donors (Lipinski definition) is 1. The molecular weight excluding hydrogens is 198 g/mol. The van der Waals surface area contributed by atoms with Crippen molar-refractivity contribution in [3.05, 3.63) is 47.5 Å². The van der Waals surface area contributed by atoms with Crippen molar-refractivity contribution in [3.8, 4) is 0 Å². The minimum absolute atomic E-state index is 0.0498. The van der Waals surface area contributed by atoms with Gasteiger partial charge in [-0.05, 0) is 17.7 Å². The maximum absolute atomic E-state index is 10.8. The van der Waals surface area contributed by atoms with Crippen LogP contribution in [0.2, 0.25) is 5.02 Å². The maximum Gasteiger partial charge on any atom is 0.218 e. The van der Waals surface area contributed by atoms with Gasteiger partial charge in [0.15, 0.2) is 0 Å². The highest BCUT2D eigenvalue weighted by Crippen LogP contribution is 2.23. The number of carbonyl (C=O) groups is 1. The highest BCUT2D eigenvalue weighted by molar-refractivity contribution is 6.30. The van der Waals surface area contributed by atoms with Gasteiger partial charge in [0.25, 0.3) is 0 Å². The third kappa shape index (κ3) is 2.89. The predicted octanol–water partition coefficient (Wildman–Crippen LogP) is 2.49. The fourth-order valence-corrected chi connectivity index (χ4v) is 1.49. The molecule has 0 fully saturated rings. The van der Waals surface area contributed by atoms with Gasteiger partial charge in [-0.25, -0.2) is 0 Å². The van der Waals surface area contributed by atoms with E-state index < -0.39 is 0 Å². The van der Waals surface area contributed by atoms with Crippen LogP contribution in [0.25, 0.3) is 0 Å². The Kier molecular flexibility index (Phi) is 3.72. The van der Waals surface area contributed by atoms with Gasteiger partial charge in [0.05, 0.1) is 0 Å². The molecule has 0 aromatic heterocycles. The first kappa shape index (κ1) is 10.8. The van der Waals surface area contributed by atoms with Crippen molar-refractivity contribution in [1.82, 2.24) is 0 Å². The zero-order valence-corrected chi connectivity index (χ0v) is 8.50. The molecule has 1 aromatic carbocycles. The van der Waals surface area contributed by atoms with E-state index in [0.717, 1.165) is 5.56 Å². The van der Waals surface area contributed by atoms with Gasteiger partial charge in [0.1, 0.15) is 0 Å². The van der Waals surface area contributed by atoms with Crippen LogP contribution in [0.3, 0.4) is 0 Å². The van der Waals surface area contributed by atoms with Crippen LogP contribution in [0.5, 0.6) is 0 Å². The summed E-state index contributed by atoms with van der Waals surface area (Å²) in [6.45, 7) is 3.67. The minimum atomic E-state index is -0.338. The number of benzene rings is 1. The van der Waals surface area contributed by atoms with Crippen molar-refractivity contribution in [2.24, 2.45) is 5.73 Å². The summed E-state index contributed by atoms with van der Waals surface area (Å²) in [6, 6.07) is 7.35. The molecule has 0 aliphatic carbocycles. The summed E-state index contributed by atoms with van der Waals surface area (Å²) in [4.78, 5) is 10.8. The van der Waals surface area contributed by atoms with E-state index in [9.17, 15) is 4.79 Å². The average molecular weight is 210 g/mol. The third-order valence-electron chi connectivity index (χ3n) is 1.98. The lowest BCUT2D eigenvalue weighted by Crippen LogP contribution is -2.14. The molecule has 0 saturated heterocycles. The third-order valence-corrected chi connectivity index (χ3v) is 2.22. The van der Waals surface area contributed by atoms with Gasteiger partial charge in [-0.3, -0.25) is 4.79 Å². The summed E-state index contributed by atoms with van der Waals surface area (Å²) in [5.74, 6) is -0.388. The molecule has 0 saturated carbocycles. The van der Waals surface area contributed by atoms with E-state index in [4.69, 9.17) is 17.3 Å². The van der Waals surface area contributed by atoms with Crippen LogP contribution in [-0.4, -0.2) is 5.91 Å². The lowest BCUT2D eigenvalue weighted by molar-refractivity contribution is -0.118. The van der Waals surface area contributed by atoms with Gasteiger partial charge in [-0.2, -0.15) is 0 Å². The van der Waals surface area contributed by atoms with Crippen LogP contribution in [0.15, 0.2) is 36.9 Å². The summed E-state index contributed by atoms with van der Waals surface area (Å²) in [6.07, 6.45) is 1.97. The Labute approximate surface area is 88.4 Å². The number of primary amides is 1. The van der Waals surface area contributed by atoms with Crippen LogP contribution in [0, 0.1) is 0 Å². The fraction of sp³-hybridized carbons (Fsp3) is 0.182. The van der Waals surface area contributed by atoms with Crippen LogP contribution < -0.4 is 5.73 Å². The predicted molar refractivity (Wildman–Crippen MR) is 58.2 cm³/mol. The molecule has 0 aliphatic rings. The van der Waals surface area contributed by atoms with Crippen molar-refractivity contribution in [1.29, 1.82) is 0 Å². The van der Waals surface area contributed by atoms with E-state index in [1.165, 1.54) is 0 Å². The number of rotatable bonds is 4. The van der Waals surface area contributed by atoms with Crippen molar-refractivity contribution >= 4 is 17.5 Å². The van der Waals surface area contributed by atoms with Gasteiger partial charge in [-0.1, -0.05) is 29.8 Å². The molecule has 0 radical (unpaired) electrons. The van der Waals surface area contributed by atoms with E-state index in [1.807, 2.05) is 18.2 Å². The van der Waals surface area contributed by atoms with Crippen molar-refractivity contribution in [3.63, 3.8) is 0 Å². The molecule has 0 bridgehead atoms. The minimum Gasteiger partial charge on any atom is -0.370 e. The number of carbonyl (C=O) groups excluding carboxylic acids is 1. The zero-order valence-electron chi connectivity index (χ0n) is 7.74. The molecule has 74 valence electrons. The molecule has 1 atom stereocenters. The molecule has 3 heteroatoms. The van der Waals surface area contributed by atoms with Gasteiger partial charge in [0.2, 0.25) is 5.91 Å². The van der Waals surface area contributed by atoms with Gasteiger partial charge < -0.3 is 5.73 Å². The lowest BCUT2D eigenvalue weighted by Gasteiger charge is -2.10. The second-order valence-corrected chi connectivity index (χ2v) is 3.50. The Hall–Kier alpha value is -1.28. The molecular formula is C11H12ClNO. The van der Waals surface area contributed by atoms with E-state index in [0.29, 0.717) is 5.02 Å². The summed E-state index contributed by atoms with van der Waals surface area (Å²) in [5.41, 5.74) is 6.09. The Balaban J connectivity index is 2.89. The molecule has 1 aromatic rings. The highest BCUT2D eigenvalue weighted by atomic mass is 35.5. The first-order valence-electron chi connectivity index (χ1n) is 4.30. The van der Waals surface area contributed by atoms with Crippen molar-refractivity contribution in [2.45, 2.75) is 12.3 Å². The average Bonchev–Trinajstić information content (AvgIpc) is 2.14. The molecule has 0 unspecified atom stereocenters. The molecule has 14 heavy (non-hydrogen) atoms. The van der Waals surface area contributed by atoms with Crippen LogP contribution in [0.1, 0.15) is 17.9 Å². The Morgan fingerprint density at radius 3 is 2.86 bits per heavy atom. The quantitative estimate of drug-likeness (QED) is 0.761. The van der Waals surface area contributed by atoms with Crippen LogP contribution in [0.4, 0.5) is 0 Å². The van der Waals surface area contributed by atoms with E-state index >= 15 is 0 Å². The molecule has 0 aliphatic heterocycles. The Morgan fingerprint density at radius 2 is 2.36 bits per heavy atom. The maximum atomic E-state index is 10.8. The largest absolute Gasteiger partial charge is 0.370 e. The standard InChI is InChI=1S/C11H12ClNO/c1-2-8(7-11(13)14)9-4-3-5-10(12)6-9/h2-6,8H,1,7H2,(H2,13,14)/t8-/m1/s1. The number of nitrogens with two attached hydrogens (primary N) is 1. The van der Waals surface area contributed by atoms with Crippen molar-refractivity contribution < 1.29 is 4.79 Å². The number of halogens is 1. The molecule has 0 spiro atoms. The normalized spacial score (nSPS) is 12.1.